The van der Waals surface area contributed by atoms with Crippen molar-refractivity contribution in [1.29, 1.82) is 0 Å². The highest BCUT2D eigenvalue weighted by atomic mass is 16.5. The van der Waals surface area contributed by atoms with E-state index < -0.39 is 5.91 Å². The Balaban J connectivity index is 2.66. The van der Waals surface area contributed by atoms with Gasteiger partial charge < -0.3 is 15.8 Å². The summed E-state index contributed by atoms with van der Waals surface area (Å²) in [4.78, 5) is 22.6. The molecule has 1 aromatic carbocycles. The number of hydrogen-bond donors (Lipinski definition) is 2. The third kappa shape index (κ3) is 4.45. The summed E-state index contributed by atoms with van der Waals surface area (Å²) in [6, 6.07) is 6.60. The summed E-state index contributed by atoms with van der Waals surface area (Å²) < 4.78 is 5.31. The average molecular weight is 250 g/mol. The zero-order valence-corrected chi connectivity index (χ0v) is 10.6. The van der Waals surface area contributed by atoms with Gasteiger partial charge in [0.15, 0.2) is 0 Å². The summed E-state index contributed by atoms with van der Waals surface area (Å²) in [6.07, 6.45) is 0.122. The zero-order chi connectivity index (χ0) is 13.5. The Morgan fingerprint density at radius 1 is 1.44 bits per heavy atom. The van der Waals surface area contributed by atoms with Gasteiger partial charge >= 0.3 is 0 Å². The summed E-state index contributed by atoms with van der Waals surface area (Å²) in [5.74, 6) is -0.0381. The van der Waals surface area contributed by atoms with Gasteiger partial charge in [0.1, 0.15) is 5.75 Å². The van der Waals surface area contributed by atoms with Crippen molar-refractivity contribution >= 4 is 11.8 Å². The van der Waals surface area contributed by atoms with Crippen molar-refractivity contribution in [2.45, 2.75) is 26.3 Å². The molecule has 0 aromatic heterocycles. The lowest BCUT2D eigenvalue weighted by molar-refractivity contribution is -0.118. The van der Waals surface area contributed by atoms with Gasteiger partial charge in [-0.25, -0.2) is 0 Å². The second-order valence-corrected chi connectivity index (χ2v) is 4.01. The number of hydrogen-bond acceptors (Lipinski definition) is 3. The molecule has 1 rings (SSSR count). The Labute approximate surface area is 106 Å². The largest absolute Gasteiger partial charge is 0.494 e. The fraction of sp³-hybridized carbons (Fsp3) is 0.385. The molecule has 98 valence electrons. The number of primary amides is 1. The van der Waals surface area contributed by atoms with Crippen LogP contribution in [0.15, 0.2) is 24.3 Å². The summed E-state index contributed by atoms with van der Waals surface area (Å²) in [5.41, 5.74) is 5.56. The molecule has 2 amide bonds. The number of rotatable bonds is 6. The van der Waals surface area contributed by atoms with Crippen molar-refractivity contribution in [2.24, 2.45) is 5.73 Å². The number of benzene rings is 1. The van der Waals surface area contributed by atoms with E-state index in [9.17, 15) is 9.59 Å². The molecule has 5 nitrogen and oxygen atoms in total. The summed E-state index contributed by atoms with van der Waals surface area (Å²) in [6.45, 7) is 4.15. The van der Waals surface area contributed by atoms with Gasteiger partial charge in [0.2, 0.25) is 5.91 Å². The first-order valence-electron chi connectivity index (χ1n) is 5.85. The van der Waals surface area contributed by atoms with Gasteiger partial charge in [-0.15, -0.1) is 0 Å². The molecular weight excluding hydrogens is 232 g/mol. The SMILES string of the molecule is CCOc1cccc(C(=O)NC(C)CC(N)=O)c1. The summed E-state index contributed by atoms with van der Waals surface area (Å²) >= 11 is 0. The smallest absolute Gasteiger partial charge is 0.251 e. The van der Waals surface area contributed by atoms with Crippen LogP contribution < -0.4 is 15.8 Å². The molecule has 0 spiro atoms. The minimum Gasteiger partial charge on any atom is -0.494 e. The average Bonchev–Trinajstić information content (AvgIpc) is 2.28. The van der Waals surface area contributed by atoms with E-state index in [2.05, 4.69) is 5.32 Å². The lowest BCUT2D eigenvalue weighted by Gasteiger charge is -2.12. The Hall–Kier alpha value is -2.04. The maximum Gasteiger partial charge on any atom is 0.251 e. The van der Waals surface area contributed by atoms with Gasteiger partial charge in [-0.3, -0.25) is 9.59 Å². The first-order chi connectivity index (χ1) is 8.52. The number of nitrogens with two attached hydrogens (primary N) is 1. The van der Waals surface area contributed by atoms with Gasteiger partial charge in [-0.1, -0.05) is 6.07 Å². The monoisotopic (exact) mass is 250 g/mol. The van der Waals surface area contributed by atoms with E-state index in [0.717, 1.165) is 0 Å². The first kappa shape index (κ1) is 14.0. The Morgan fingerprint density at radius 3 is 2.78 bits per heavy atom. The molecule has 0 saturated carbocycles. The molecular formula is C13H18N2O3. The van der Waals surface area contributed by atoms with Crippen molar-refractivity contribution in [3.63, 3.8) is 0 Å². The predicted octanol–water partition coefficient (Wildman–Crippen LogP) is 1.08. The molecule has 0 fully saturated rings. The van der Waals surface area contributed by atoms with Gasteiger partial charge in [-0.2, -0.15) is 0 Å². The molecule has 5 heteroatoms. The quantitative estimate of drug-likeness (QED) is 0.792. The number of amides is 2. The molecule has 0 aliphatic rings. The fourth-order valence-electron chi connectivity index (χ4n) is 1.55. The van der Waals surface area contributed by atoms with E-state index in [1.807, 2.05) is 6.92 Å². The number of carbonyl (C=O) groups excluding carboxylic acids is 2. The van der Waals surface area contributed by atoms with Crippen LogP contribution in [0.1, 0.15) is 30.6 Å². The van der Waals surface area contributed by atoms with Crippen LogP contribution in [-0.4, -0.2) is 24.5 Å². The highest BCUT2D eigenvalue weighted by molar-refractivity contribution is 5.95. The lowest BCUT2D eigenvalue weighted by Crippen LogP contribution is -2.35. The lowest BCUT2D eigenvalue weighted by atomic mass is 10.1. The maximum atomic E-state index is 11.9. The molecule has 1 atom stereocenters. The Kier molecular flexibility index (Phi) is 5.17. The van der Waals surface area contributed by atoms with Gasteiger partial charge in [0, 0.05) is 18.0 Å². The second-order valence-electron chi connectivity index (χ2n) is 4.01. The highest BCUT2D eigenvalue weighted by Crippen LogP contribution is 2.13. The minimum absolute atomic E-state index is 0.122. The van der Waals surface area contributed by atoms with E-state index in [0.29, 0.717) is 17.9 Å². The van der Waals surface area contributed by atoms with Gasteiger partial charge in [-0.05, 0) is 32.0 Å². The van der Waals surface area contributed by atoms with Crippen LogP contribution in [0, 0.1) is 0 Å². The number of nitrogens with one attached hydrogen (secondary N) is 1. The van der Waals surface area contributed by atoms with Crippen LogP contribution in [-0.2, 0) is 4.79 Å². The first-order valence-corrected chi connectivity index (χ1v) is 5.85. The number of ether oxygens (including phenoxy) is 1. The van der Waals surface area contributed by atoms with E-state index in [4.69, 9.17) is 10.5 Å². The van der Waals surface area contributed by atoms with Crippen LogP contribution in [0.4, 0.5) is 0 Å². The van der Waals surface area contributed by atoms with Crippen molar-refractivity contribution < 1.29 is 14.3 Å². The van der Waals surface area contributed by atoms with Gasteiger partial charge in [0.05, 0.1) is 6.61 Å². The molecule has 18 heavy (non-hydrogen) atoms. The normalized spacial score (nSPS) is 11.7. The molecule has 0 aliphatic carbocycles. The Bertz CT molecular complexity index is 432. The predicted molar refractivity (Wildman–Crippen MR) is 68.4 cm³/mol. The molecule has 1 aromatic rings. The van der Waals surface area contributed by atoms with E-state index >= 15 is 0 Å². The maximum absolute atomic E-state index is 11.9. The third-order valence-electron chi connectivity index (χ3n) is 2.29. The molecule has 1 unspecified atom stereocenters. The van der Waals surface area contributed by atoms with E-state index in [-0.39, 0.29) is 18.4 Å². The van der Waals surface area contributed by atoms with Crippen molar-refractivity contribution in [2.75, 3.05) is 6.61 Å². The topological polar surface area (TPSA) is 81.4 Å². The molecule has 0 heterocycles. The molecule has 0 bridgehead atoms. The van der Waals surface area contributed by atoms with Crippen LogP contribution >= 0.6 is 0 Å². The van der Waals surface area contributed by atoms with Crippen LogP contribution in [0.3, 0.4) is 0 Å². The van der Waals surface area contributed by atoms with Crippen LogP contribution in [0.25, 0.3) is 0 Å². The van der Waals surface area contributed by atoms with Crippen LogP contribution in [0.2, 0.25) is 0 Å². The molecule has 0 saturated heterocycles. The van der Waals surface area contributed by atoms with E-state index in [1.165, 1.54) is 0 Å². The fourth-order valence-corrected chi connectivity index (χ4v) is 1.55. The van der Waals surface area contributed by atoms with E-state index in [1.54, 1.807) is 31.2 Å². The minimum atomic E-state index is -0.439. The number of carbonyl (C=O) groups is 2. The highest BCUT2D eigenvalue weighted by Gasteiger charge is 2.12. The van der Waals surface area contributed by atoms with Crippen LogP contribution in [0.5, 0.6) is 5.75 Å². The zero-order valence-electron chi connectivity index (χ0n) is 10.6. The molecule has 3 N–H and O–H groups in total. The summed E-state index contributed by atoms with van der Waals surface area (Å²) in [7, 11) is 0. The van der Waals surface area contributed by atoms with Crippen molar-refractivity contribution in [1.82, 2.24) is 5.32 Å². The van der Waals surface area contributed by atoms with Crippen molar-refractivity contribution in [3.05, 3.63) is 29.8 Å². The molecule has 0 aliphatic heterocycles. The van der Waals surface area contributed by atoms with Gasteiger partial charge in [0.25, 0.3) is 5.91 Å². The van der Waals surface area contributed by atoms with Crippen molar-refractivity contribution in [3.8, 4) is 5.75 Å². The second kappa shape index (κ2) is 6.64. The standard InChI is InChI=1S/C13H18N2O3/c1-3-18-11-6-4-5-10(8-11)13(17)15-9(2)7-12(14)16/h4-6,8-9H,3,7H2,1-2H3,(H2,14,16)(H,15,17). The third-order valence-corrected chi connectivity index (χ3v) is 2.29. The summed E-state index contributed by atoms with van der Waals surface area (Å²) in [5, 5.41) is 2.70. The molecule has 0 radical (unpaired) electrons. The Morgan fingerprint density at radius 2 is 2.17 bits per heavy atom.